The highest BCUT2D eigenvalue weighted by Crippen LogP contribution is 2.21. The molecule has 0 radical (unpaired) electrons. The summed E-state index contributed by atoms with van der Waals surface area (Å²) in [4.78, 5) is 4.93. The van der Waals surface area contributed by atoms with Gasteiger partial charge in [0.2, 0.25) is 0 Å². The summed E-state index contributed by atoms with van der Waals surface area (Å²) in [5, 5.41) is 0. The van der Waals surface area contributed by atoms with E-state index in [4.69, 9.17) is 10.5 Å². The van der Waals surface area contributed by atoms with Gasteiger partial charge in [-0.3, -0.25) is 9.80 Å². The largest absolute Gasteiger partial charge is 0.491 e. The van der Waals surface area contributed by atoms with Crippen LogP contribution in [0.2, 0.25) is 0 Å². The normalized spacial score (nSPS) is 17.6. The molecule has 0 atom stereocenters. The van der Waals surface area contributed by atoms with Gasteiger partial charge in [0.25, 0.3) is 0 Å². The SMILES string of the molecule is CC(C)Oc1ccccc1CN1CCN(CCN)CC1. The summed E-state index contributed by atoms with van der Waals surface area (Å²) in [7, 11) is 0. The van der Waals surface area contributed by atoms with Crippen molar-refractivity contribution < 1.29 is 4.74 Å². The molecule has 1 aromatic carbocycles. The molecule has 0 unspecified atom stereocenters. The molecule has 20 heavy (non-hydrogen) atoms. The van der Waals surface area contributed by atoms with Gasteiger partial charge in [-0.1, -0.05) is 18.2 Å². The number of piperazine rings is 1. The molecule has 0 bridgehead atoms. The quantitative estimate of drug-likeness (QED) is 0.856. The molecular formula is C16H27N3O. The Hall–Kier alpha value is -1.10. The average Bonchev–Trinajstić information content (AvgIpc) is 2.43. The van der Waals surface area contributed by atoms with E-state index in [0.29, 0.717) is 0 Å². The lowest BCUT2D eigenvalue weighted by atomic mass is 10.1. The van der Waals surface area contributed by atoms with Crippen molar-refractivity contribution in [2.75, 3.05) is 39.3 Å². The molecule has 0 amide bonds. The van der Waals surface area contributed by atoms with Gasteiger partial charge in [-0.25, -0.2) is 0 Å². The van der Waals surface area contributed by atoms with Crippen molar-refractivity contribution in [3.63, 3.8) is 0 Å². The fourth-order valence-corrected chi connectivity index (χ4v) is 2.60. The number of nitrogens with two attached hydrogens (primary N) is 1. The van der Waals surface area contributed by atoms with Crippen molar-refractivity contribution in [3.8, 4) is 5.75 Å². The minimum absolute atomic E-state index is 0.220. The van der Waals surface area contributed by atoms with Crippen molar-refractivity contribution in [2.45, 2.75) is 26.5 Å². The van der Waals surface area contributed by atoms with Gasteiger partial charge in [0, 0.05) is 51.4 Å². The molecule has 4 nitrogen and oxygen atoms in total. The third-order valence-electron chi connectivity index (χ3n) is 3.64. The highest BCUT2D eigenvalue weighted by atomic mass is 16.5. The fourth-order valence-electron chi connectivity index (χ4n) is 2.60. The predicted octanol–water partition coefficient (Wildman–Crippen LogP) is 1.55. The zero-order chi connectivity index (χ0) is 14.4. The first-order valence-corrected chi connectivity index (χ1v) is 7.58. The smallest absolute Gasteiger partial charge is 0.124 e. The molecule has 0 spiro atoms. The van der Waals surface area contributed by atoms with Gasteiger partial charge in [0.15, 0.2) is 0 Å². The van der Waals surface area contributed by atoms with Crippen LogP contribution < -0.4 is 10.5 Å². The molecule has 1 aliphatic rings. The second-order valence-electron chi connectivity index (χ2n) is 5.68. The van der Waals surface area contributed by atoms with Gasteiger partial charge in [-0.15, -0.1) is 0 Å². The Labute approximate surface area is 122 Å². The number of nitrogens with zero attached hydrogens (tertiary/aromatic N) is 2. The molecular weight excluding hydrogens is 250 g/mol. The number of ether oxygens (including phenoxy) is 1. The van der Waals surface area contributed by atoms with Crippen LogP contribution in [-0.2, 0) is 6.54 Å². The molecule has 1 aliphatic heterocycles. The summed E-state index contributed by atoms with van der Waals surface area (Å²) in [6.45, 7) is 11.3. The van der Waals surface area contributed by atoms with Crippen molar-refractivity contribution in [1.82, 2.24) is 9.80 Å². The van der Waals surface area contributed by atoms with Gasteiger partial charge in [-0.2, -0.15) is 0 Å². The van der Waals surface area contributed by atoms with Gasteiger partial charge < -0.3 is 10.5 Å². The highest BCUT2D eigenvalue weighted by molar-refractivity contribution is 5.33. The van der Waals surface area contributed by atoms with Crippen LogP contribution in [0.1, 0.15) is 19.4 Å². The zero-order valence-electron chi connectivity index (χ0n) is 12.7. The highest BCUT2D eigenvalue weighted by Gasteiger charge is 2.17. The van der Waals surface area contributed by atoms with E-state index in [1.807, 2.05) is 6.07 Å². The van der Waals surface area contributed by atoms with E-state index in [9.17, 15) is 0 Å². The minimum Gasteiger partial charge on any atom is -0.491 e. The average molecular weight is 277 g/mol. The molecule has 1 saturated heterocycles. The molecule has 0 saturated carbocycles. The number of para-hydroxylation sites is 1. The molecule has 0 aromatic heterocycles. The number of rotatable bonds is 6. The van der Waals surface area contributed by atoms with Gasteiger partial charge in [0.05, 0.1) is 6.10 Å². The van der Waals surface area contributed by atoms with Crippen LogP contribution in [0.4, 0.5) is 0 Å². The van der Waals surface area contributed by atoms with Crippen LogP contribution in [0.5, 0.6) is 5.75 Å². The summed E-state index contributed by atoms with van der Waals surface area (Å²) in [5.41, 5.74) is 6.90. The summed E-state index contributed by atoms with van der Waals surface area (Å²) in [6, 6.07) is 8.37. The summed E-state index contributed by atoms with van der Waals surface area (Å²) in [6.07, 6.45) is 0.220. The van der Waals surface area contributed by atoms with E-state index in [1.165, 1.54) is 5.56 Å². The third kappa shape index (κ3) is 4.47. The maximum absolute atomic E-state index is 5.89. The lowest BCUT2D eigenvalue weighted by Crippen LogP contribution is -2.47. The van der Waals surface area contributed by atoms with E-state index in [2.05, 4.69) is 41.8 Å². The number of hydrogen-bond acceptors (Lipinski definition) is 4. The van der Waals surface area contributed by atoms with E-state index in [1.54, 1.807) is 0 Å². The van der Waals surface area contributed by atoms with Gasteiger partial charge in [-0.05, 0) is 19.9 Å². The van der Waals surface area contributed by atoms with E-state index < -0.39 is 0 Å². The minimum atomic E-state index is 0.220. The molecule has 1 fully saturated rings. The van der Waals surface area contributed by atoms with Crippen LogP contribution in [0.15, 0.2) is 24.3 Å². The van der Waals surface area contributed by atoms with Gasteiger partial charge >= 0.3 is 0 Å². The van der Waals surface area contributed by atoms with Crippen LogP contribution in [-0.4, -0.2) is 55.2 Å². The summed E-state index contributed by atoms with van der Waals surface area (Å²) in [5.74, 6) is 1.02. The van der Waals surface area contributed by atoms with Crippen LogP contribution in [0.25, 0.3) is 0 Å². The van der Waals surface area contributed by atoms with Crippen LogP contribution in [0, 0.1) is 0 Å². The van der Waals surface area contributed by atoms with Crippen molar-refractivity contribution in [2.24, 2.45) is 5.73 Å². The molecule has 1 heterocycles. The monoisotopic (exact) mass is 277 g/mol. The Bertz CT molecular complexity index is 400. The van der Waals surface area contributed by atoms with Crippen LogP contribution >= 0.6 is 0 Å². The maximum atomic E-state index is 5.89. The second-order valence-corrected chi connectivity index (χ2v) is 5.68. The van der Waals surface area contributed by atoms with E-state index in [0.717, 1.165) is 51.6 Å². The van der Waals surface area contributed by atoms with Crippen molar-refractivity contribution >= 4 is 0 Å². The Kier molecular flexibility index (Phi) is 5.83. The molecule has 4 heteroatoms. The van der Waals surface area contributed by atoms with E-state index >= 15 is 0 Å². The Morgan fingerprint density at radius 2 is 1.75 bits per heavy atom. The predicted molar refractivity (Wildman–Crippen MR) is 83.0 cm³/mol. The molecule has 2 rings (SSSR count). The van der Waals surface area contributed by atoms with Crippen molar-refractivity contribution in [3.05, 3.63) is 29.8 Å². The maximum Gasteiger partial charge on any atom is 0.124 e. The second kappa shape index (κ2) is 7.62. The van der Waals surface area contributed by atoms with Crippen molar-refractivity contribution in [1.29, 1.82) is 0 Å². The first-order chi connectivity index (χ1) is 9.69. The third-order valence-corrected chi connectivity index (χ3v) is 3.64. The van der Waals surface area contributed by atoms with E-state index in [-0.39, 0.29) is 6.10 Å². The molecule has 0 aliphatic carbocycles. The molecule has 1 aromatic rings. The fraction of sp³-hybridized carbons (Fsp3) is 0.625. The first-order valence-electron chi connectivity index (χ1n) is 7.58. The Morgan fingerprint density at radius 1 is 1.10 bits per heavy atom. The van der Waals surface area contributed by atoms with Crippen LogP contribution in [0.3, 0.4) is 0 Å². The Morgan fingerprint density at radius 3 is 2.40 bits per heavy atom. The number of benzene rings is 1. The molecule has 2 N–H and O–H groups in total. The number of hydrogen-bond donors (Lipinski definition) is 1. The lowest BCUT2D eigenvalue weighted by molar-refractivity contribution is 0.128. The summed E-state index contributed by atoms with van der Waals surface area (Å²) < 4.78 is 5.89. The topological polar surface area (TPSA) is 41.7 Å². The zero-order valence-corrected chi connectivity index (χ0v) is 12.7. The first kappa shape index (κ1) is 15.3. The lowest BCUT2D eigenvalue weighted by Gasteiger charge is -2.34. The Balaban J connectivity index is 1.91. The standard InChI is InChI=1S/C16H27N3O/c1-14(2)20-16-6-4-3-5-15(16)13-19-11-9-18(8-7-17)10-12-19/h3-6,14H,7-13,17H2,1-2H3. The molecule has 112 valence electrons. The van der Waals surface area contributed by atoms with Gasteiger partial charge in [0.1, 0.15) is 5.75 Å². The summed E-state index contributed by atoms with van der Waals surface area (Å²) >= 11 is 0.